The number of piperidine rings is 1. The molecule has 3 aromatic heterocycles. The first-order valence-electron chi connectivity index (χ1n) is 13.1. The first kappa shape index (κ1) is 24.5. The molecule has 0 bridgehead atoms. The van der Waals surface area contributed by atoms with Crippen molar-refractivity contribution in [3.8, 4) is 11.1 Å². The number of hydrogen-bond acceptors (Lipinski definition) is 8. The Hall–Kier alpha value is -3.86. The predicted molar refractivity (Wildman–Crippen MR) is 145 cm³/mol. The number of H-pyrrole nitrogens is 1. The third kappa shape index (κ3) is 5.38. The number of aromatic nitrogens is 4. The number of hydrogen-bond donors (Lipinski definition) is 3. The van der Waals surface area contributed by atoms with Gasteiger partial charge in [0.25, 0.3) is 5.91 Å². The molecule has 196 valence electrons. The zero-order valence-electron chi connectivity index (χ0n) is 21.1. The fraction of sp³-hybridized carbons (Fsp3) is 0.357. The van der Waals surface area contributed by atoms with Crippen molar-refractivity contribution in [2.75, 3.05) is 49.6 Å². The van der Waals surface area contributed by atoms with E-state index in [1.165, 1.54) is 0 Å². The van der Waals surface area contributed by atoms with Gasteiger partial charge in [-0.2, -0.15) is 5.10 Å². The number of nitrogens with zero attached hydrogens (tertiary/aromatic N) is 5. The van der Waals surface area contributed by atoms with Crippen LogP contribution in [-0.4, -0.2) is 81.6 Å². The highest BCUT2D eigenvalue weighted by atomic mass is 16.5. The van der Waals surface area contributed by atoms with E-state index in [4.69, 9.17) is 4.74 Å². The number of benzene rings is 1. The van der Waals surface area contributed by atoms with Crippen LogP contribution >= 0.6 is 0 Å². The highest BCUT2D eigenvalue weighted by Gasteiger charge is 2.19. The van der Waals surface area contributed by atoms with Gasteiger partial charge in [0.1, 0.15) is 5.82 Å². The molecule has 5 heterocycles. The van der Waals surface area contributed by atoms with Gasteiger partial charge in [0.05, 0.1) is 36.7 Å². The molecule has 4 aromatic rings. The number of carbonyl (C=O) groups is 1. The molecule has 0 radical (unpaired) electrons. The Morgan fingerprint density at radius 1 is 1.03 bits per heavy atom. The number of aliphatic hydroxyl groups excluding tert-OH is 1. The summed E-state index contributed by atoms with van der Waals surface area (Å²) in [6, 6.07) is 11.8. The summed E-state index contributed by atoms with van der Waals surface area (Å²) in [7, 11) is 0. The molecule has 0 unspecified atom stereocenters. The number of likely N-dealkylation sites (tertiary alicyclic amines) is 1. The molecule has 1 aromatic carbocycles. The highest BCUT2D eigenvalue weighted by Crippen LogP contribution is 2.27. The van der Waals surface area contributed by atoms with Crippen LogP contribution in [0.15, 0.2) is 55.0 Å². The van der Waals surface area contributed by atoms with Crippen molar-refractivity contribution in [3.63, 3.8) is 0 Å². The second-order valence-corrected chi connectivity index (χ2v) is 9.88. The molecule has 3 N–H and O–H groups in total. The normalized spacial score (nSPS) is 17.1. The van der Waals surface area contributed by atoms with Crippen LogP contribution in [0.25, 0.3) is 22.0 Å². The lowest BCUT2D eigenvalue weighted by atomic mass is 10.0. The minimum absolute atomic E-state index is 0.186. The molecular weight excluding hydrogens is 482 g/mol. The monoisotopic (exact) mass is 513 g/mol. The summed E-state index contributed by atoms with van der Waals surface area (Å²) in [6.07, 6.45) is 6.83. The van der Waals surface area contributed by atoms with Crippen LogP contribution in [0, 0.1) is 0 Å². The maximum atomic E-state index is 13.1. The average molecular weight is 514 g/mol. The summed E-state index contributed by atoms with van der Waals surface area (Å²) in [4.78, 5) is 26.6. The van der Waals surface area contributed by atoms with E-state index in [1.54, 1.807) is 6.20 Å². The zero-order valence-corrected chi connectivity index (χ0v) is 21.1. The Morgan fingerprint density at radius 2 is 1.87 bits per heavy atom. The molecular formula is C28H31N7O3. The second kappa shape index (κ2) is 10.9. The number of aliphatic hydroxyl groups is 1. The van der Waals surface area contributed by atoms with Crippen LogP contribution in [-0.2, 0) is 11.3 Å². The molecule has 2 aliphatic heterocycles. The maximum absolute atomic E-state index is 13.1. The fourth-order valence-corrected chi connectivity index (χ4v) is 5.06. The number of carbonyl (C=O) groups excluding carboxylic acids is 1. The number of amides is 1. The van der Waals surface area contributed by atoms with Crippen LogP contribution in [0.2, 0.25) is 0 Å². The molecule has 2 saturated heterocycles. The number of morpholine rings is 1. The number of ether oxygens (including phenoxy) is 1. The first-order chi connectivity index (χ1) is 18.6. The molecule has 38 heavy (non-hydrogen) atoms. The topological polar surface area (TPSA) is 120 Å². The lowest BCUT2D eigenvalue weighted by molar-refractivity contribution is 0.0792. The molecule has 0 spiro atoms. The van der Waals surface area contributed by atoms with Crippen molar-refractivity contribution < 1.29 is 14.6 Å². The van der Waals surface area contributed by atoms with Gasteiger partial charge in [0.15, 0.2) is 5.69 Å². The van der Waals surface area contributed by atoms with Crippen LogP contribution in [0.5, 0.6) is 0 Å². The van der Waals surface area contributed by atoms with E-state index >= 15 is 0 Å². The summed E-state index contributed by atoms with van der Waals surface area (Å²) < 4.78 is 5.40. The van der Waals surface area contributed by atoms with Crippen molar-refractivity contribution >= 4 is 28.3 Å². The molecule has 0 atom stereocenters. The minimum atomic E-state index is -0.298. The van der Waals surface area contributed by atoms with Gasteiger partial charge >= 0.3 is 0 Å². The fourth-order valence-electron chi connectivity index (χ4n) is 5.06. The van der Waals surface area contributed by atoms with Gasteiger partial charge in [-0.1, -0.05) is 6.07 Å². The van der Waals surface area contributed by atoms with E-state index in [2.05, 4.69) is 41.3 Å². The van der Waals surface area contributed by atoms with Crippen LogP contribution in [0.1, 0.15) is 28.9 Å². The molecule has 1 amide bonds. The predicted octanol–water partition coefficient (Wildman–Crippen LogP) is 3.07. The minimum Gasteiger partial charge on any atom is -0.393 e. The SMILES string of the molecule is O=C(Nc1ccc(N2CCOCC2)nc1)c1n[nH]c2ccc(-c3cncc(CN4CCC(O)CC4)c3)cc12. The van der Waals surface area contributed by atoms with E-state index in [9.17, 15) is 9.90 Å². The van der Waals surface area contributed by atoms with Gasteiger partial charge in [-0.3, -0.25) is 19.8 Å². The van der Waals surface area contributed by atoms with Crippen LogP contribution in [0.3, 0.4) is 0 Å². The average Bonchev–Trinajstić information content (AvgIpc) is 3.39. The summed E-state index contributed by atoms with van der Waals surface area (Å²) in [5.74, 6) is 0.573. The van der Waals surface area contributed by atoms with Crippen molar-refractivity contribution in [1.29, 1.82) is 0 Å². The molecule has 10 nitrogen and oxygen atoms in total. The van der Waals surface area contributed by atoms with E-state index in [-0.39, 0.29) is 12.0 Å². The Kier molecular flexibility index (Phi) is 7.00. The first-order valence-corrected chi connectivity index (χ1v) is 13.1. The van der Waals surface area contributed by atoms with Crippen LogP contribution < -0.4 is 10.2 Å². The third-order valence-corrected chi connectivity index (χ3v) is 7.21. The molecule has 2 fully saturated rings. The number of fused-ring (bicyclic) bond motifs is 1. The number of nitrogens with one attached hydrogen (secondary N) is 2. The zero-order chi connectivity index (χ0) is 25.9. The van der Waals surface area contributed by atoms with Crippen molar-refractivity contribution in [2.45, 2.75) is 25.5 Å². The van der Waals surface area contributed by atoms with Crippen molar-refractivity contribution in [2.24, 2.45) is 0 Å². The largest absolute Gasteiger partial charge is 0.393 e. The van der Waals surface area contributed by atoms with Crippen molar-refractivity contribution in [1.82, 2.24) is 25.1 Å². The van der Waals surface area contributed by atoms with Crippen molar-refractivity contribution in [3.05, 3.63) is 66.2 Å². The Labute approximate surface area is 220 Å². The lowest BCUT2D eigenvalue weighted by Gasteiger charge is -2.29. The van der Waals surface area contributed by atoms with Gasteiger partial charge in [0.2, 0.25) is 0 Å². The Balaban J connectivity index is 1.18. The third-order valence-electron chi connectivity index (χ3n) is 7.21. The van der Waals surface area contributed by atoms with E-state index in [0.29, 0.717) is 24.6 Å². The van der Waals surface area contributed by atoms with E-state index in [1.807, 2.05) is 42.7 Å². The maximum Gasteiger partial charge on any atom is 0.276 e. The summed E-state index contributed by atoms with van der Waals surface area (Å²) in [6.45, 7) is 5.57. The lowest BCUT2D eigenvalue weighted by Crippen LogP contribution is -2.36. The number of rotatable bonds is 6. The van der Waals surface area contributed by atoms with E-state index in [0.717, 1.165) is 79.0 Å². The van der Waals surface area contributed by atoms with Gasteiger partial charge in [-0.05, 0) is 54.3 Å². The van der Waals surface area contributed by atoms with Gasteiger partial charge in [-0.25, -0.2) is 4.98 Å². The quantitative estimate of drug-likeness (QED) is 0.360. The summed E-state index contributed by atoms with van der Waals surface area (Å²) in [5, 5.41) is 20.7. The number of pyridine rings is 2. The molecule has 10 heteroatoms. The standard InChI is InChI=1S/C28H31N7O3/c36-23-5-7-34(8-6-23)18-19-13-21(16-29-15-19)20-1-3-25-24(14-20)27(33-32-25)28(37)31-22-2-4-26(30-17-22)35-9-11-38-12-10-35/h1-4,13-17,23,36H,5-12,18H2,(H,31,37)(H,32,33). The Morgan fingerprint density at radius 3 is 2.66 bits per heavy atom. The summed E-state index contributed by atoms with van der Waals surface area (Å²) in [5.41, 5.74) is 4.80. The molecule has 2 aliphatic rings. The van der Waals surface area contributed by atoms with Gasteiger partial charge in [0, 0.05) is 56.1 Å². The number of aromatic amines is 1. The molecule has 6 rings (SSSR count). The van der Waals surface area contributed by atoms with Gasteiger partial charge < -0.3 is 20.1 Å². The second-order valence-electron chi connectivity index (χ2n) is 9.88. The number of anilines is 2. The smallest absolute Gasteiger partial charge is 0.276 e. The van der Waals surface area contributed by atoms with Gasteiger partial charge in [-0.15, -0.1) is 0 Å². The summed E-state index contributed by atoms with van der Waals surface area (Å²) >= 11 is 0. The Bertz CT molecular complexity index is 1410. The molecule has 0 aliphatic carbocycles. The highest BCUT2D eigenvalue weighted by molar-refractivity contribution is 6.11. The molecule has 0 saturated carbocycles. The van der Waals surface area contributed by atoms with E-state index < -0.39 is 0 Å². The van der Waals surface area contributed by atoms with Crippen LogP contribution in [0.4, 0.5) is 11.5 Å².